The Kier molecular flexibility index (Phi) is 6.74. The first kappa shape index (κ1) is 21.5. The zero-order chi connectivity index (χ0) is 20.2. The second kappa shape index (κ2) is 8.47. The fraction of sp³-hybridized carbons (Fsp3) is 0.333. The van der Waals surface area contributed by atoms with E-state index in [2.05, 4.69) is 4.72 Å². The van der Waals surface area contributed by atoms with E-state index in [0.717, 1.165) is 6.07 Å². The molecule has 0 unspecified atom stereocenters. The summed E-state index contributed by atoms with van der Waals surface area (Å²) in [5, 5.41) is 0. The summed E-state index contributed by atoms with van der Waals surface area (Å²) in [6, 6.07) is 10.4. The van der Waals surface area contributed by atoms with Crippen molar-refractivity contribution in [1.29, 1.82) is 0 Å². The minimum Gasteiger partial charge on any atom is -0.207 e. The first-order valence-corrected chi connectivity index (χ1v) is 11.4. The maximum Gasteiger partial charge on any atom is 0.244 e. The minimum absolute atomic E-state index is 0.138. The van der Waals surface area contributed by atoms with Crippen molar-refractivity contribution in [3.8, 4) is 0 Å². The summed E-state index contributed by atoms with van der Waals surface area (Å²) in [5.74, 6) is -0.835. The molecule has 2 rings (SSSR count). The summed E-state index contributed by atoms with van der Waals surface area (Å²) < 4.78 is 67.3. The molecule has 9 heteroatoms. The van der Waals surface area contributed by atoms with Gasteiger partial charge in [0.2, 0.25) is 20.0 Å². The highest BCUT2D eigenvalue weighted by molar-refractivity contribution is 7.89. The SMILES string of the molecule is CCN(CC)S(=O)(=O)c1ccc([C@@H](C)NS(=O)(=O)c2ccccc2F)cc1. The van der Waals surface area contributed by atoms with E-state index < -0.39 is 36.8 Å². The Morgan fingerprint density at radius 1 is 0.963 bits per heavy atom. The van der Waals surface area contributed by atoms with Crippen LogP contribution in [0.1, 0.15) is 32.4 Å². The van der Waals surface area contributed by atoms with Crippen molar-refractivity contribution in [3.05, 3.63) is 59.9 Å². The third kappa shape index (κ3) is 4.73. The van der Waals surface area contributed by atoms with E-state index >= 15 is 0 Å². The molecule has 1 atom stereocenters. The molecule has 0 aliphatic rings. The summed E-state index contributed by atoms with van der Waals surface area (Å²) in [6.45, 7) is 5.84. The summed E-state index contributed by atoms with van der Waals surface area (Å²) in [5.41, 5.74) is 0.563. The standard InChI is InChI=1S/C18H23FN2O4S2/c1-4-21(5-2)27(24,25)16-12-10-15(11-13-16)14(3)20-26(22,23)18-9-7-6-8-17(18)19/h6-14,20H,4-5H2,1-3H3/t14-/m1/s1. The lowest BCUT2D eigenvalue weighted by Gasteiger charge is -2.19. The Labute approximate surface area is 160 Å². The molecule has 27 heavy (non-hydrogen) atoms. The van der Waals surface area contributed by atoms with E-state index in [9.17, 15) is 21.2 Å². The van der Waals surface area contributed by atoms with Crippen LogP contribution in [0.3, 0.4) is 0 Å². The molecule has 0 bridgehead atoms. The molecule has 1 N–H and O–H groups in total. The number of benzene rings is 2. The highest BCUT2D eigenvalue weighted by Gasteiger charge is 2.24. The molecule has 2 aromatic carbocycles. The van der Waals surface area contributed by atoms with Gasteiger partial charge in [-0.3, -0.25) is 0 Å². The average molecular weight is 415 g/mol. The molecule has 0 aliphatic carbocycles. The van der Waals surface area contributed by atoms with Gasteiger partial charge < -0.3 is 0 Å². The number of hydrogen-bond donors (Lipinski definition) is 1. The van der Waals surface area contributed by atoms with Crippen LogP contribution in [0.15, 0.2) is 58.3 Å². The average Bonchev–Trinajstić information content (AvgIpc) is 2.62. The van der Waals surface area contributed by atoms with Gasteiger partial charge in [-0.25, -0.2) is 25.9 Å². The number of rotatable bonds is 8. The summed E-state index contributed by atoms with van der Waals surface area (Å²) in [6.07, 6.45) is 0. The molecule has 0 saturated carbocycles. The Morgan fingerprint density at radius 3 is 2.04 bits per heavy atom. The van der Waals surface area contributed by atoms with Gasteiger partial charge in [0, 0.05) is 19.1 Å². The molecule has 2 aromatic rings. The highest BCUT2D eigenvalue weighted by atomic mass is 32.2. The van der Waals surface area contributed by atoms with Crippen molar-refractivity contribution in [3.63, 3.8) is 0 Å². The molecule has 0 heterocycles. The van der Waals surface area contributed by atoms with Gasteiger partial charge in [0.25, 0.3) is 0 Å². The molecule has 0 amide bonds. The lowest BCUT2D eigenvalue weighted by atomic mass is 10.1. The molecular formula is C18H23FN2O4S2. The number of halogens is 1. The molecule has 6 nitrogen and oxygen atoms in total. The van der Waals surface area contributed by atoms with Gasteiger partial charge in [0.1, 0.15) is 10.7 Å². The Balaban J connectivity index is 2.24. The quantitative estimate of drug-likeness (QED) is 0.720. The van der Waals surface area contributed by atoms with Crippen LogP contribution in [-0.2, 0) is 20.0 Å². The monoisotopic (exact) mass is 414 g/mol. The van der Waals surface area contributed by atoms with Gasteiger partial charge in [-0.05, 0) is 36.8 Å². The van der Waals surface area contributed by atoms with Crippen molar-refractivity contribution < 1.29 is 21.2 Å². The van der Waals surface area contributed by atoms with Crippen LogP contribution >= 0.6 is 0 Å². The molecule has 0 fully saturated rings. The predicted molar refractivity (Wildman–Crippen MR) is 102 cm³/mol. The molecular weight excluding hydrogens is 391 g/mol. The van der Waals surface area contributed by atoms with Crippen LogP contribution in [0.25, 0.3) is 0 Å². The highest BCUT2D eigenvalue weighted by Crippen LogP contribution is 2.22. The van der Waals surface area contributed by atoms with Gasteiger partial charge in [-0.1, -0.05) is 38.1 Å². The van der Waals surface area contributed by atoms with Crippen LogP contribution in [0.5, 0.6) is 0 Å². The van der Waals surface area contributed by atoms with Crippen LogP contribution in [-0.4, -0.2) is 34.2 Å². The molecule has 148 valence electrons. The fourth-order valence-corrected chi connectivity index (χ4v) is 5.44. The Hall–Kier alpha value is -1.81. The van der Waals surface area contributed by atoms with Crippen molar-refractivity contribution in [2.24, 2.45) is 0 Å². The number of sulfonamides is 2. The van der Waals surface area contributed by atoms with Gasteiger partial charge in [-0.2, -0.15) is 4.31 Å². The number of nitrogens with one attached hydrogen (secondary N) is 1. The Morgan fingerprint density at radius 2 is 1.52 bits per heavy atom. The fourth-order valence-electron chi connectivity index (χ4n) is 2.67. The topological polar surface area (TPSA) is 83.6 Å². The van der Waals surface area contributed by atoms with E-state index in [1.165, 1.54) is 34.6 Å². The third-order valence-corrected chi connectivity index (χ3v) is 7.82. The first-order chi connectivity index (χ1) is 12.6. The van der Waals surface area contributed by atoms with E-state index in [1.54, 1.807) is 32.9 Å². The molecule has 0 spiro atoms. The van der Waals surface area contributed by atoms with Crippen molar-refractivity contribution in [1.82, 2.24) is 9.03 Å². The largest absolute Gasteiger partial charge is 0.244 e. The van der Waals surface area contributed by atoms with Crippen LogP contribution < -0.4 is 4.72 Å². The maximum absolute atomic E-state index is 13.8. The van der Waals surface area contributed by atoms with Gasteiger partial charge >= 0.3 is 0 Å². The number of hydrogen-bond acceptors (Lipinski definition) is 4. The minimum atomic E-state index is -4.05. The lowest BCUT2D eigenvalue weighted by molar-refractivity contribution is 0.445. The molecule has 0 saturated heterocycles. The third-order valence-electron chi connectivity index (χ3n) is 4.18. The normalized spacial score (nSPS) is 13.7. The first-order valence-electron chi connectivity index (χ1n) is 8.50. The Bertz CT molecular complexity index is 986. The van der Waals surface area contributed by atoms with Crippen LogP contribution in [0.4, 0.5) is 4.39 Å². The number of nitrogens with zero attached hydrogens (tertiary/aromatic N) is 1. The maximum atomic E-state index is 13.8. The van der Waals surface area contributed by atoms with Crippen molar-refractivity contribution in [2.45, 2.75) is 36.6 Å². The molecule has 0 aromatic heterocycles. The van der Waals surface area contributed by atoms with Crippen molar-refractivity contribution >= 4 is 20.0 Å². The zero-order valence-corrected chi connectivity index (χ0v) is 17.0. The van der Waals surface area contributed by atoms with Gasteiger partial charge in [0.15, 0.2) is 0 Å². The summed E-state index contributed by atoms with van der Waals surface area (Å²) in [7, 11) is -7.63. The smallest absolute Gasteiger partial charge is 0.207 e. The summed E-state index contributed by atoms with van der Waals surface area (Å²) >= 11 is 0. The summed E-state index contributed by atoms with van der Waals surface area (Å²) in [4.78, 5) is -0.295. The van der Waals surface area contributed by atoms with Gasteiger partial charge in [-0.15, -0.1) is 0 Å². The second-order valence-corrected chi connectivity index (χ2v) is 9.55. The lowest BCUT2D eigenvalue weighted by Crippen LogP contribution is -2.30. The zero-order valence-electron chi connectivity index (χ0n) is 15.4. The molecule has 0 radical (unpaired) electrons. The second-order valence-electron chi connectivity index (χ2n) is 5.93. The van der Waals surface area contributed by atoms with E-state index in [0.29, 0.717) is 18.7 Å². The van der Waals surface area contributed by atoms with Crippen molar-refractivity contribution in [2.75, 3.05) is 13.1 Å². The van der Waals surface area contributed by atoms with Gasteiger partial charge in [0.05, 0.1) is 4.90 Å². The van der Waals surface area contributed by atoms with E-state index in [-0.39, 0.29) is 4.90 Å². The molecule has 0 aliphatic heterocycles. The van der Waals surface area contributed by atoms with Crippen LogP contribution in [0, 0.1) is 5.82 Å². The van der Waals surface area contributed by atoms with E-state index in [4.69, 9.17) is 0 Å². The predicted octanol–water partition coefficient (Wildman–Crippen LogP) is 2.90. The van der Waals surface area contributed by atoms with E-state index in [1.807, 2.05) is 0 Å². The van der Waals surface area contributed by atoms with Crippen LogP contribution in [0.2, 0.25) is 0 Å².